The highest BCUT2D eigenvalue weighted by Gasteiger charge is 2.46. The Balaban J connectivity index is 1.35. The van der Waals surface area contributed by atoms with Crippen LogP contribution in [0.2, 0.25) is 5.02 Å². The van der Waals surface area contributed by atoms with E-state index < -0.39 is 0 Å². The minimum Gasteiger partial charge on any atom is -0.355 e. The van der Waals surface area contributed by atoms with Gasteiger partial charge < -0.3 is 5.32 Å². The van der Waals surface area contributed by atoms with Crippen LogP contribution in [0.25, 0.3) is 0 Å². The standard InChI is InChI=1S/C20H22ClFN2O3S/c21-16-6-3-7-17(22)15(16)12-28-11-9-23-18(25)8-10-24-19(26)13-4-1-2-5-14(13)20(24)27/h1-3,6-7,13-14H,4-5,8-12H2,(H,23,25)/t13-,14+. The third-order valence-electron chi connectivity index (χ3n) is 5.04. The van der Waals surface area contributed by atoms with Gasteiger partial charge in [-0.15, -0.1) is 0 Å². The molecule has 150 valence electrons. The molecule has 28 heavy (non-hydrogen) atoms. The summed E-state index contributed by atoms with van der Waals surface area (Å²) in [5, 5.41) is 3.16. The van der Waals surface area contributed by atoms with E-state index in [2.05, 4.69) is 5.32 Å². The van der Waals surface area contributed by atoms with Gasteiger partial charge in [0.2, 0.25) is 17.7 Å². The lowest BCUT2D eigenvalue weighted by molar-refractivity contribution is -0.140. The predicted octanol–water partition coefficient (Wildman–Crippen LogP) is 3.17. The first kappa shape index (κ1) is 20.9. The number of hydrogen-bond donors (Lipinski definition) is 1. The summed E-state index contributed by atoms with van der Waals surface area (Å²) in [4.78, 5) is 37.9. The Hall–Kier alpha value is -1.86. The zero-order valence-corrected chi connectivity index (χ0v) is 16.9. The number of imide groups is 1. The minimum absolute atomic E-state index is 0.0914. The second-order valence-corrected chi connectivity index (χ2v) is 8.35. The van der Waals surface area contributed by atoms with Crippen LogP contribution < -0.4 is 5.32 Å². The molecule has 2 atom stereocenters. The highest BCUT2D eigenvalue weighted by molar-refractivity contribution is 7.98. The molecule has 1 fully saturated rings. The van der Waals surface area contributed by atoms with Crippen LogP contribution in [0, 0.1) is 17.7 Å². The SMILES string of the molecule is O=C(CCN1C(=O)[C@H]2CC=CC[C@H]2C1=O)NCCSCc1c(F)cccc1Cl. The van der Waals surface area contributed by atoms with E-state index in [9.17, 15) is 18.8 Å². The first-order chi connectivity index (χ1) is 13.5. The van der Waals surface area contributed by atoms with Crippen LogP contribution in [0.4, 0.5) is 4.39 Å². The Morgan fingerprint density at radius 2 is 1.89 bits per heavy atom. The molecule has 0 spiro atoms. The van der Waals surface area contributed by atoms with E-state index in [-0.39, 0.29) is 48.3 Å². The van der Waals surface area contributed by atoms with E-state index in [4.69, 9.17) is 11.6 Å². The number of carbonyl (C=O) groups excluding carboxylic acids is 3. The zero-order chi connectivity index (χ0) is 20.1. The molecule has 1 aromatic carbocycles. The summed E-state index contributed by atoms with van der Waals surface area (Å²) in [6.45, 7) is 0.543. The first-order valence-electron chi connectivity index (χ1n) is 9.26. The molecule has 2 aliphatic rings. The quantitative estimate of drug-likeness (QED) is 0.395. The van der Waals surface area contributed by atoms with Gasteiger partial charge >= 0.3 is 0 Å². The van der Waals surface area contributed by atoms with Crippen LogP contribution in [0.1, 0.15) is 24.8 Å². The molecule has 1 aliphatic heterocycles. The van der Waals surface area contributed by atoms with Crippen molar-refractivity contribution in [3.8, 4) is 0 Å². The molecule has 0 bridgehead atoms. The molecule has 0 aromatic heterocycles. The highest BCUT2D eigenvalue weighted by atomic mass is 35.5. The average Bonchev–Trinajstić information content (AvgIpc) is 2.92. The minimum atomic E-state index is -0.334. The van der Waals surface area contributed by atoms with Crippen LogP contribution in [-0.4, -0.2) is 41.5 Å². The van der Waals surface area contributed by atoms with E-state index in [1.165, 1.54) is 22.7 Å². The van der Waals surface area contributed by atoms with E-state index in [0.717, 1.165) is 0 Å². The number of nitrogens with zero attached hydrogens (tertiary/aromatic N) is 1. The maximum absolute atomic E-state index is 13.7. The molecular weight excluding hydrogens is 403 g/mol. The monoisotopic (exact) mass is 424 g/mol. The van der Waals surface area contributed by atoms with Crippen LogP contribution in [0.15, 0.2) is 30.4 Å². The smallest absolute Gasteiger partial charge is 0.233 e. The summed E-state index contributed by atoms with van der Waals surface area (Å²) >= 11 is 7.45. The molecule has 5 nitrogen and oxygen atoms in total. The van der Waals surface area contributed by atoms with Crippen LogP contribution in [0.3, 0.4) is 0 Å². The summed E-state index contributed by atoms with van der Waals surface area (Å²) in [6, 6.07) is 4.58. The van der Waals surface area contributed by atoms with E-state index in [1.54, 1.807) is 12.1 Å². The third-order valence-corrected chi connectivity index (χ3v) is 6.38. The number of halogens is 2. The van der Waals surface area contributed by atoms with Crippen molar-refractivity contribution in [2.75, 3.05) is 18.8 Å². The van der Waals surface area contributed by atoms with Crippen LogP contribution in [-0.2, 0) is 20.1 Å². The van der Waals surface area contributed by atoms with Gasteiger partial charge in [-0.3, -0.25) is 19.3 Å². The molecule has 1 aliphatic carbocycles. The molecular formula is C20H22ClFN2O3S. The lowest BCUT2D eigenvalue weighted by atomic mass is 9.85. The summed E-state index contributed by atoms with van der Waals surface area (Å²) in [6.07, 6.45) is 5.17. The normalized spacial score (nSPS) is 21.1. The molecule has 1 aromatic rings. The fourth-order valence-electron chi connectivity index (χ4n) is 3.50. The molecule has 1 saturated heterocycles. The van der Waals surface area contributed by atoms with Crippen molar-refractivity contribution in [3.05, 3.63) is 46.8 Å². The second kappa shape index (κ2) is 9.56. The van der Waals surface area contributed by atoms with E-state index in [1.807, 2.05) is 12.2 Å². The van der Waals surface area contributed by atoms with Gasteiger partial charge in [0.15, 0.2) is 0 Å². The Morgan fingerprint density at radius 1 is 1.21 bits per heavy atom. The number of carbonyl (C=O) groups is 3. The number of benzene rings is 1. The van der Waals surface area contributed by atoms with E-state index in [0.29, 0.717) is 41.5 Å². The predicted molar refractivity (Wildman–Crippen MR) is 107 cm³/mol. The van der Waals surface area contributed by atoms with Gasteiger partial charge in [0.1, 0.15) is 5.82 Å². The summed E-state index contributed by atoms with van der Waals surface area (Å²) < 4.78 is 13.7. The molecule has 1 heterocycles. The van der Waals surface area contributed by atoms with Crippen LogP contribution in [0.5, 0.6) is 0 Å². The number of nitrogens with one attached hydrogen (secondary N) is 1. The molecule has 3 rings (SSSR count). The van der Waals surface area contributed by atoms with Gasteiger partial charge in [0.25, 0.3) is 0 Å². The van der Waals surface area contributed by atoms with Gasteiger partial charge in [-0.2, -0.15) is 11.8 Å². The Kier molecular flexibility index (Phi) is 7.13. The molecule has 3 amide bonds. The summed E-state index contributed by atoms with van der Waals surface area (Å²) in [5.41, 5.74) is 0.461. The van der Waals surface area contributed by atoms with Crippen molar-refractivity contribution in [3.63, 3.8) is 0 Å². The van der Waals surface area contributed by atoms with Crippen molar-refractivity contribution in [2.45, 2.75) is 25.0 Å². The number of fused-ring (bicyclic) bond motifs is 1. The lowest BCUT2D eigenvalue weighted by Crippen LogP contribution is -2.36. The number of rotatable bonds is 8. The number of allylic oxidation sites excluding steroid dienone is 2. The molecule has 0 saturated carbocycles. The van der Waals surface area contributed by atoms with Crippen molar-refractivity contribution in [1.82, 2.24) is 10.2 Å². The topological polar surface area (TPSA) is 66.5 Å². The molecule has 0 unspecified atom stereocenters. The summed E-state index contributed by atoms with van der Waals surface area (Å²) in [7, 11) is 0. The van der Waals surface area contributed by atoms with Crippen molar-refractivity contribution >= 4 is 41.1 Å². The number of hydrogen-bond acceptors (Lipinski definition) is 4. The third kappa shape index (κ3) is 4.75. The maximum Gasteiger partial charge on any atom is 0.233 e. The average molecular weight is 425 g/mol. The highest BCUT2D eigenvalue weighted by Crippen LogP contribution is 2.35. The molecule has 1 N–H and O–H groups in total. The van der Waals surface area contributed by atoms with Crippen molar-refractivity contribution in [2.24, 2.45) is 11.8 Å². The molecule has 0 radical (unpaired) electrons. The number of amides is 3. The van der Waals surface area contributed by atoms with Crippen molar-refractivity contribution in [1.29, 1.82) is 0 Å². The van der Waals surface area contributed by atoms with Crippen LogP contribution >= 0.6 is 23.4 Å². The largest absolute Gasteiger partial charge is 0.355 e. The summed E-state index contributed by atoms with van der Waals surface area (Å²) in [5.74, 6) is -0.362. The van der Waals surface area contributed by atoms with E-state index >= 15 is 0 Å². The lowest BCUT2D eigenvalue weighted by Gasteiger charge is -2.14. The maximum atomic E-state index is 13.7. The number of thioether (sulfide) groups is 1. The van der Waals surface area contributed by atoms with Gasteiger partial charge in [-0.05, 0) is 25.0 Å². The Morgan fingerprint density at radius 3 is 2.54 bits per heavy atom. The van der Waals surface area contributed by atoms with Crippen molar-refractivity contribution < 1.29 is 18.8 Å². The molecule has 8 heteroatoms. The first-order valence-corrected chi connectivity index (χ1v) is 10.8. The van der Waals surface area contributed by atoms with Gasteiger partial charge in [0.05, 0.1) is 11.8 Å². The Labute approximate surface area is 172 Å². The Bertz CT molecular complexity index is 755. The van der Waals surface area contributed by atoms with Gasteiger partial charge in [-0.1, -0.05) is 29.8 Å². The fraction of sp³-hybridized carbons (Fsp3) is 0.450. The fourth-order valence-corrected chi connectivity index (χ4v) is 4.70. The second-order valence-electron chi connectivity index (χ2n) is 6.84. The van der Waals surface area contributed by atoms with Gasteiger partial charge in [0, 0.05) is 41.6 Å². The zero-order valence-electron chi connectivity index (χ0n) is 15.3. The van der Waals surface area contributed by atoms with Gasteiger partial charge in [-0.25, -0.2) is 4.39 Å². The number of likely N-dealkylation sites (tertiary alicyclic amines) is 1.